The van der Waals surface area contributed by atoms with Crippen LogP contribution in [0.15, 0.2) is 164 Å². The van der Waals surface area contributed by atoms with Gasteiger partial charge in [0.25, 0.3) is 0 Å². The quantitative estimate of drug-likeness (QED) is 0.130. The van der Waals surface area contributed by atoms with Crippen LogP contribution in [-0.4, -0.2) is 9.97 Å². The second-order valence-electron chi connectivity index (χ2n) is 13.0. The van der Waals surface area contributed by atoms with Gasteiger partial charge < -0.3 is 0 Å². The van der Waals surface area contributed by atoms with Gasteiger partial charge >= 0.3 is 346 Å². The van der Waals surface area contributed by atoms with Crippen LogP contribution in [0, 0.1) is 54.2 Å². The summed E-state index contributed by atoms with van der Waals surface area (Å²) in [6.45, 7) is 0. The summed E-state index contributed by atoms with van der Waals surface area (Å²) in [7, 11) is 0. The van der Waals surface area contributed by atoms with Crippen molar-refractivity contribution >= 4 is 72.9 Å². The number of hydrogen-bond acceptors (Lipinski definition) is 3. The second kappa shape index (κ2) is 13.3. The molecule has 1 aliphatic heterocycles. The Morgan fingerprint density at radius 1 is 0.566 bits per heavy atom. The van der Waals surface area contributed by atoms with Crippen LogP contribution in [0.1, 0.15) is 0 Å². The molecule has 0 bridgehead atoms. The van der Waals surface area contributed by atoms with E-state index in [-0.39, 0.29) is 31.1 Å². The Kier molecular flexibility index (Phi) is 8.30. The zero-order valence-corrected chi connectivity index (χ0v) is 35.4. The van der Waals surface area contributed by atoms with Crippen molar-refractivity contribution in [3.05, 3.63) is 187 Å². The van der Waals surface area contributed by atoms with Crippen molar-refractivity contribution in [1.29, 1.82) is 0 Å². The Bertz CT molecular complexity index is 3010. The molecule has 8 aromatic carbocycles. The molecule has 0 aliphatic carbocycles. The zero-order chi connectivity index (χ0) is 34.2. The van der Waals surface area contributed by atoms with E-state index in [4.69, 9.17) is 9.97 Å². The Hall–Kier alpha value is -4.64. The fraction of sp³-hybridized carbons (Fsp3) is 0. The Balaban J connectivity index is 0.00000349. The molecule has 10 aromatic rings. The monoisotopic (exact) mass is 1030 g/mol. The average molecular weight is 1030 g/mol. The van der Waals surface area contributed by atoms with Crippen LogP contribution in [0.25, 0.3) is 86.5 Å². The van der Waals surface area contributed by atoms with Gasteiger partial charge in [-0.25, -0.2) is 0 Å². The van der Waals surface area contributed by atoms with E-state index in [1.807, 2.05) is 29.5 Å². The van der Waals surface area contributed by atoms with Gasteiger partial charge in [-0.3, -0.25) is 0 Å². The van der Waals surface area contributed by atoms with Crippen LogP contribution < -0.4 is 0 Å². The van der Waals surface area contributed by atoms with E-state index in [0.29, 0.717) is 0 Å². The first-order valence-electron chi connectivity index (χ1n) is 17.3. The van der Waals surface area contributed by atoms with E-state index in [2.05, 4.69) is 158 Å². The number of rotatable bonds is 4. The third-order valence-electron chi connectivity index (χ3n) is 10.1. The summed E-state index contributed by atoms with van der Waals surface area (Å²) in [5.41, 5.74) is 8.70. The van der Waals surface area contributed by atoms with Crippen LogP contribution in [0.3, 0.4) is 0 Å². The number of aromatic nitrogens is 2. The van der Waals surface area contributed by atoms with Crippen molar-refractivity contribution in [1.82, 2.24) is 9.97 Å². The molecule has 3 heterocycles. The third kappa shape index (κ3) is 5.24. The molecule has 0 spiro atoms. The normalized spacial score (nSPS) is 12.6. The van der Waals surface area contributed by atoms with Crippen molar-refractivity contribution in [2.45, 2.75) is 0 Å². The van der Waals surface area contributed by atoms with Crippen molar-refractivity contribution in [2.75, 3.05) is 0 Å². The number of halogens is 1. The fourth-order valence-corrected chi connectivity index (χ4v) is 16.3. The summed E-state index contributed by atoms with van der Waals surface area (Å²) in [6.07, 6.45) is 3.35. The third-order valence-corrected chi connectivity index (χ3v) is 17.7. The van der Waals surface area contributed by atoms with Crippen LogP contribution in [0.5, 0.6) is 0 Å². The SMILES string of the molecule is [U+2].[c-]1ccccc1-c1[c-]nc(-c2ccc(-c3ccccc3)cc2)c(I2c3ccccc3-c3c2c2sc4ccc5ccccc5c4c2c2ccccc32)n1. The summed E-state index contributed by atoms with van der Waals surface area (Å²) >= 11 is -0.565. The zero-order valence-electron chi connectivity index (χ0n) is 28.3. The minimum atomic E-state index is -2.51. The van der Waals surface area contributed by atoms with Gasteiger partial charge in [0, 0.05) is 0 Å². The number of benzene rings is 8. The Morgan fingerprint density at radius 2 is 1.26 bits per heavy atom. The van der Waals surface area contributed by atoms with Crippen molar-refractivity contribution in [3.8, 4) is 44.8 Å². The predicted molar refractivity (Wildman–Crippen MR) is 226 cm³/mol. The topological polar surface area (TPSA) is 25.8 Å². The van der Waals surface area contributed by atoms with Gasteiger partial charge in [0.15, 0.2) is 0 Å². The van der Waals surface area contributed by atoms with Gasteiger partial charge in [-0.2, -0.15) is 0 Å². The molecule has 5 heteroatoms. The molecule has 0 N–H and O–H groups in total. The molecule has 0 atom stereocenters. The predicted octanol–water partition coefficient (Wildman–Crippen LogP) is 13.1. The average Bonchev–Trinajstić information content (AvgIpc) is 3.79. The first-order valence-corrected chi connectivity index (χ1v) is 21.4. The van der Waals surface area contributed by atoms with E-state index in [1.54, 1.807) is 0 Å². The van der Waals surface area contributed by atoms with E-state index < -0.39 is 19.8 Å². The summed E-state index contributed by atoms with van der Waals surface area (Å²) in [5.74, 6) is 0. The maximum absolute atomic E-state index is 5.60. The number of fused-ring (bicyclic) bond motifs is 12. The van der Waals surface area contributed by atoms with E-state index in [0.717, 1.165) is 26.2 Å². The molecule has 0 fully saturated rings. The number of thiophene rings is 1. The van der Waals surface area contributed by atoms with E-state index in [1.165, 1.54) is 71.1 Å². The first kappa shape index (κ1) is 33.0. The minimum absolute atomic E-state index is 0. The van der Waals surface area contributed by atoms with Crippen LogP contribution >= 0.6 is 31.2 Å². The summed E-state index contributed by atoms with van der Waals surface area (Å²) in [4.78, 5) is 10.8. The van der Waals surface area contributed by atoms with Crippen LogP contribution in [-0.2, 0) is 0 Å². The molecule has 2 aromatic heterocycles. The standard InChI is InChI=1S/C48H27IN2S.U/c1-3-13-30(14-4-1)31-23-25-34(26-24-31)46-48(51-40(29-50-46)33-16-5-2-6-17-33)49-39-22-12-11-21-38(39)42-36-19-9-10-20-37(36)44-43-35-18-8-7-15-32(35)27-28-41(43)52-47(44)45(42)49;/h1-16,18-28H;/q-2;+2. The van der Waals surface area contributed by atoms with E-state index >= 15 is 0 Å². The molecular formula is C48H27IN2SU. The summed E-state index contributed by atoms with van der Waals surface area (Å²) in [6, 6.07) is 62.4. The van der Waals surface area contributed by atoms with E-state index in [9.17, 15) is 0 Å². The Labute approximate surface area is 342 Å². The maximum atomic E-state index is 5.60. The summed E-state index contributed by atoms with van der Waals surface area (Å²) < 4.78 is 6.67. The second-order valence-corrected chi connectivity index (χ2v) is 18.9. The van der Waals surface area contributed by atoms with Gasteiger partial charge in [-0.05, 0) is 0 Å². The van der Waals surface area contributed by atoms with Gasteiger partial charge in [0.05, 0.1) is 0 Å². The van der Waals surface area contributed by atoms with Crippen molar-refractivity contribution in [2.24, 2.45) is 0 Å². The molecule has 1 aliphatic rings. The van der Waals surface area contributed by atoms with Gasteiger partial charge in [0.1, 0.15) is 0 Å². The molecule has 0 radical (unpaired) electrons. The van der Waals surface area contributed by atoms with Gasteiger partial charge in [-0.15, -0.1) is 0 Å². The molecule has 53 heavy (non-hydrogen) atoms. The molecule has 0 unspecified atom stereocenters. The number of nitrogens with zero attached hydrogens (tertiary/aromatic N) is 2. The number of hydrogen-bond donors (Lipinski definition) is 0. The first-order chi connectivity index (χ1) is 25.8. The van der Waals surface area contributed by atoms with Crippen molar-refractivity contribution < 1.29 is 31.1 Å². The van der Waals surface area contributed by atoms with Crippen LogP contribution in [0.4, 0.5) is 0 Å². The fourth-order valence-electron chi connectivity index (χ4n) is 7.75. The van der Waals surface area contributed by atoms with Gasteiger partial charge in [-0.1, -0.05) is 0 Å². The molecule has 0 amide bonds. The van der Waals surface area contributed by atoms with Gasteiger partial charge in [0.2, 0.25) is 0 Å². The molecule has 0 saturated heterocycles. The molecule has 2 nitrogen and oxygen atoms in total. The van der Waals surface area contributed by atoms with Crippen LogP contribution in [0.2, 0.25) is 0 Å². The molecule has 0 saturated carbocycles. The molecule has 11 rings (SSSR count). The molecule has 246 valence electrons. The summed E-state index contributed by atoms with van der Waals surface area (Å²) in [5, 5.41) is 7.92. The van der Waals surface area contributed by atoms with Crippen molar-refractivity contribution in [3.63, 3.8) is 0 Å². The Morgan fingerprint density at radius 3 is 2.09 bits per heavy atom. The molecular weight excluding hydrogens is 1000 g/mol.